The van der Waals surface area contributed by atoms with Crippen LogP contribution in [0.2, 0.25) is 0 Å². The molecule has 21 heavy (non-hydrogen) atoms. The predicted molar refractivity (Wildman–Crippen MR) is 92.2 cm³/mol. The zero-order chi connectivity index (χ0) is 16.0. The standard InChI is InChI=1S/C16H36N2O2S/c1-4-5-6-7-8-9-10-11-14-18-21(19,20)15-12-13-17-16(2)3/h16-18H,4-15H2,1-3H3. The Morgan fingerprint density at radius 2 is 1.38 bits per heavy atom. The molecule has 0 heterocycles. The van der Waals surface area contributed by atoms with E-state index >= 15 is 0 Å². The van der Waals surface area contributed by atoms with Crippen molar-refractivity contribution in [2.24, 2.45) is 0 Å². The maximum Gasteiger partial charge on any atom is 0.211 e. The Morgan fingerprint density at radius 3 is 1.95 bits per heavy atom. The van der Waals surface area contributed by atoms with Crippen LogP contribution in [-0.2, 0) is 10.0 Å². The lowest BCUT2D eigenvalue weighted by molar-refractivity contribution is 0.550. The molecule has 0 amide bonds. The van der Waals surface area contributed by atoms with Gasteiger partial charge < -0.3 is 5.32 Å². The number of sulfonamides is 1. The van der Waals surface area contributed by atoms with Gasteiger partial charge in [-0.25, -0.2) is 13.1 Å². The summed E-state index contributed by atoms with van der Waals surface area (Å²) in [6.45, 7) is 7.71. The third-order valence-electron chi connectivity index (χ3n) is 3.49. The first-order valence-corrected chi connectivity index (χ1v) is 10.3. The fourth-order valence-corrected chi connectivity index (χ4v) is 3.34. The number of rotatable bonds is 15. The summed E-state index contributed by atoms with van der Waals surface area (Å²) in [5, 5.41) is 3.23. The largest absolute Gasteiger partial charge is 0.314 e. The summed E-state index contributed by atoms with van der Waals surface area (Å²) in [7, 11) is -3.07. The van der Waals surface area contributed by atoms with Crippen LogP contribution >= 0.6 is 0 Å². The minimum Gasteiger partial charge on any atom is -0.314 e. The second-order valence-corrected chi connectivity index (χ2v) is 8.08. The van der Waals surface area contributed by atoms with Gasteiger partial charge in [0.15, 0.2) is 0 Å². The normalized spacial score (nSPS) is 12.2. The lowest BCUT2D eigenvalue weighted by atomic mass is 10.1. The minimum absolute atomic E-state index is 0.226. The maximum atomic E-state index is 11.7. The van der Waals surface area contributed by atoms with Crippen LogP contribution in [0, 0.1) is 0 Å². The lowest BCUT2D eigenvalue weighted by Gasteiger charge is -2.09. The highest BCUT2D eigenvalue weighted by Crippen LogP contribution is 2.08. The highest BCUT2D eigenvalue weighted by atomic mass is 32.2. The van der Waals surface area contributed by atoms with Crippen molar-refractivity contribution in [1.82, 2.24) is 10.0 Å². The molecule has 0 fully saturated rings. The van der Waals surface area contributed by atoms with Gasteiger partial charge in [0, 0.05) is 12.6 Å². The molecule has 0 aromatic heterocycles. The molecular weight excluding hydrogens is 284 g/mol. The molecule has 128 valence electrons. The van der Waals surface area contributed by atoms with E-state index < -0.39 is 10.0 Å². The van der Waals surface area contributed by atoms with Crippen molar-refractivity contribution in [1.29, 1.82) is 0 Å². The Balaban J connectivity index is 3.40. The molecule has 0 aromatic rings. The van der Waals surface area contributed by atoms with E-state index in [-0.39, 0.29) is 5.75 Å². The molecule has 0 atom stereocenters. The summed E-state index contributed by atoms with van der Waals surface area (Å²) < 4.78 is 26.2. The molecule has 0 bridgehead atoms. The summed E-state index contributed by atoms with van der Waals surface area (Å²) >= 11 is 0. The minimum atomic E-state index is -3.07. The Morgan fingerprint density at radius 1 is 0.810 bits per heavy atom. The van der Waals surface area contributed by atoms with E-state index in [4.69, 9.17) is 0 Å². The second-order valence-electron chi connectivity index (χ2n) is 6.15. The van der Waals surface area contributed by atoms with Crippen molar-refractivity contribution >= 4 is 10.0 Å². The number of hydrogen-bond acceptors (Lipinski definition) is 3. The molecule has 5 heteroatoms. The molecule has 0 unspecified atom stereocenters. The predicted octanol–water partition coefficient (Wildman–Crippen LogP) is 3.43. The first-order valence-electron chi connectivity index (χ1n) is 8.68. The van der Waals surface area contributed by atoms with Gasteiger partial charge in [-0.1, -0.05) is 65.7 Å². The number of nitrogens with one attached hydrogen (secondary N) is 2. The molecule has 0 aliphatic rings. The molecule has 2 N–H and O–H groups in total. The molecule has 0 spiro atoms. The third kappa shape index (κ3) is 16.1. The summed E-state index contributed by atoms with van der Waals surface area (Å²) in [6, 6.07) is 0.415. The van der Waals surface area contributed by atoms with Crippen LogP contribution in [0.25, 0.3) is 0 Å². The van der Waals surface area contributed by atoms with E-state index in [9.17, 15) is 8.42 Å². The molecule has 0 aromatic carbocycles. The fourth-order valence-electron chi connectivity index (χ4n) is 2.21. The summed E-state index contributed by atoms with van der Waals surface area (Å²) in [5.74, 6) is 0.226. The Hall–Kier alpha value is -0.130. The van der Waals surface area contributed by atoms with Gasteiger partial charge >= 0.3 is 0 Å². The fraction of sp³-hybridized carbons (Fsp3) is 1.00. The number of hydrogen-bond donors (Lipinski definition) is 2. The van der Waals surface area contributed by atoms with Crippen LogP contribution in [0.4, 0.5) is 0 Å². The van der Waals surface area contributed by atoms with E-state index in [2.05, 4.69) is 30.8 Å². The van der Waals surface area contributed by atoms with Gasteiger partial charge in [0.05, 0.1) is 5.75 Å². The van der Waals surface area contributed by atoms with Crippen molar-refractivity contribution in [2.75, 3.05) is 18.8 Å². The lowest BCUT2D eigenvalue weighted by Crippen LogP contribution is -2.30. The van der Waals surface area contributed by atoms with Crippen LogP contribution in [0.3, 0.4) is 0 Å². The second kappa shape index (κ2) is 13.5. The van der Waals surface area contributed by atoms with E-state index in [1.807, 2.05) is 0 Å². The van der Waals surface area contributed by atoms with Crippen LogP contribution in [0.15, 0.2) is 0 Å². The van der Waals surface area contributed by atoms with Gasteiger partial charge in [-0.15, -0.1) is 0 Å². The summed E-state index contributed by atoms with van der Waals surface area (Å²) in [6.07, 6.45) is 10.6. The average Bonchev–Trinajstić information content (AvgIpc) is 2.42. The number of unbranched alkanes of at least 4 members (excludes halogenated alkanes) is 7. The van der Waals surface area contributed by atoms with Crippen LogP contribution in [0.1, 0.15) is 78.6 Å². The summed E-state index contributed by atoms with van der Waals surface area (Å²) in [5.41, 5.74) is 0. The molecule has 0 saturated heterocycles. The first kappa shape index (κ1) is 20.9. The highest BCUT2D eigenvalue weighted by molar-refractivity contribution is 7.89. The monoisotopic (exact) mass is 320 g/mol. The SMILES string of the molecule is CCCCCCCCCCNS(=O)(=O)CCCNC(C)C. The molecule has 0 saturated carbocycles. The highest BCUT2D eigenvalue weighted by Gasteiger charge is 2.08. The zero-order valence-corrected chi connectivity index (χ0v) is 15.1. The van der Waals surface area contributed by atoms with Crippen molar-refractivity contribution < 1.29 is 8.42 Å². The molecule has 0 aliphatic heterocycles. The topological polar surface area (TPSA) is 58.2 Å². The smallest absolute Gasteiger partial charge is 0.211 e. The van der Waals surface area contributed by atoms with Gasteiger partial charge in [0.2, 0.25) is 10.0 Å². The van der Waals surface area contributed by atoms with Crippen LogP contribution < -0.4 is 10.0 Å². The van der Waals surface area contributed by atoms with Crippen molar-refractivity contribution in [3.05, 3.63) is 0 Å². The molecule has 0 aliphatic carbocycles. The van der Waals surface area contributed by atoms with Gasteiger partial charge in [-0.3, -0.25) is 0 Å². The maximum absolute atomic E-state index is 11.7. The van der Waals surface area contributed by atoms with Crippen molar-refractivity contribution in [3.8, 4) is 0 Å². The van der Waals surface area contributed by atoms with Gasteiger partial charge in [0.25, 0.3) is 0 Å². The van der Waals surface area contributed by atoms with Gasteiger partial charge in [0.1, 0.15) is 0 Å². The van der Waals surface area contributed by atoms with Gasteiger partial charge in [-0.2, -0.15) is 0 Å². The van der Waals surface area contributed by atoms with Crippen molar-refractivity contribution in [3.63, 3.8) is 0 Å². The van der Waals surface area contributed by atoms with Crippen LogP contribution in [0.5, 0.6) is 0 Å². The quantitative estimate of drug-likeness (QED) is 0.454. The first-order chi connectivity index (χ1) is 9.98. The molecule has 0 radical (unpaired) electrons. The average molecular weight is 321 g/mol. The van der Waals surface area contributed by atoms with E-state index in [1.165, 1.54) is 38.5 Å². The van der Waals surface area contributed by atoms with E-state index in [0.717, 1.165) is 19.4 Å². The van der Waals surface area contributed by atoms with Gasteiger partial charge in [-0.05, 0) is 19.4 Å². The molecule has 0 rings (SSSR count). The van der Waals surface area contributed by atoms with E-state index in [0.29, 0.717) is 19.0 Å². The molecule has 4 nitrogen and oxygen atoms in total. The third-order valence-corrected chi connectivity index (χ3v) is 4.96. The van der Waals surface area contributed by atoms with Crippen LogP contribution in [-0.4, -0.2) is 33.3 Å². The Kier molecular flexibility index (Phi) is 13.4. The Labute approximate surface area is 132 Å². The molecular formula is C16H36N2O2S. The summed E-state index contributed by atoms with van der Waals surface area (Å²) in [4.78, 5) is 0. The zero-order valence-electron chi connectivity index (χ0n) is 14.3. The van der Waals surface area contributed by atoms with Crippen molar-refractivity contribution in [2.45, 2.75) is 84.6 Å². The Bertz CT molecular complexity index is 316. The van der Waals surface area contributed by atoms with E-state index in [1.54, 1.807) is 0 Å².